The van der Waals surface area contributed by atoms with Crippen molar-refractivity contribution in [2.75, 3.05) is 32.8 Å². The number of hydrogen-bond acceptors (Lipinski definition) is 6. The van der Waals surface area contributed by atoms with Gasteiger partial charge in [0.25, 0.3) is 5.56 Å². The van der Waals surface area contributed by atoms with E-state index in [0.717, 1.165) is 43.0 Å². The predicted molar refractivity (Wildman–Crippen MR) is 101 cm³/mol. The van der Waals surface area contributed by atoms with Crippen LogP contribution in [0.3, 0.4) is 0 Å². The number of amides is 1. The summed E-state index contributed by atoms with van der Waals surface area (Å²) in [5.41, 5.74) is 0.767. The summed E-state index contributed by atoms with van der Waals surface area (Å²) >= 11 is 1.47. The molecule has 2 aromatic rings. The van der Waals surface area contributed by atoms with Crippen molar-refractivity contribution in [2.24, 2.45) is 5.92 Å². The third kappa shape index (κ3) is 4.90. The lowest BCUT2D eigenvalue weighted by Crippen LogP contribution is -2.40. The number of thiazole rings is 1. The van der Waals surface area contributed by atoms with Crippen LogP contribution in [0, 0.1) is 5.92 Å². The summed E-state index contributed by atoms with van der Waals surface area (Å²) in [7, 11) is 0. The van der Waals surface area contributed by atoms with Gasteiger partial charge >= 0.3 is 0 Å². The van der Waals surface area contributed by atoms with Crippen LogP contribution in [0.15, 0.2) is 22.4 Å². The number of carbonyl (C=O) groups is 1. The van der Waals surface area contributed by atoms with Crippen molar-refractivity contribution in [3.8, 4) is 0 Å². The minimum absolute atomic E-state index is 0.0347. The van der Waals surface area contributed by atoms with Gasteiger partial charge in [0.15, 0.2) is 4.96 Å². The molecule has 1 aliphatic rings. The summed E-state index contributed by atoms with van der Waals surface area (Å²) in [4.78, 5) is 31.8. The number of rotatable bonds is 8. The molecule has 1 N–H and O–H groups in total. The topological polar surface area (TPSA) is 75.9 Å². The average Bonchev–Trinajstić information content (AvgIpc) is 3.11. The standard InChI is InChI=1S/C18H26N4O3S/c1-2-25-10-3-6-19-17(24)14-4-7-21(8-5-14)13-15-12-16(23)22-9-11-26-18(22)20-15/h9,11-12,14H,2-8,10,13H2,1H3,(H,19,24). The van der Waals surface area contributed by atoms with Crippen LogP contribution in [0.5, 0.6) is 0 Å². The smallest absolute Gasteiger partial charge is 0.258 e. The minimum Gasteiger partial charge on any atom is -0.382 e. The molecule has 0 aliphatic carbocycles. The van der Waals surface area contributed by atoms with Crippen LogP contribution in [-0.4, -0.2) is 53.0 Å². The van der Waals surface area contributed by atoms with Gasteiger partial charge in [-0.1, -0.05) is 0 Å². The van der Waals surface area contributed by atoms with Crippen LogP contribution in [0.4, 0.5) is 0 Å². The van der Waals surface area contributed by atoms with Crippen molar-refractivity contribution in [1.82, 2.24) is 19.6 Å². The largest absolute Gasteiger partial charge is 0.382 e. The zero-order valence-electron chi connectivity index (χ0n) is 15.1. The van der Waals surface area contributed by atoms with Crippen LogP contribution in [-0.2, 0) is 16.1 Å². The summed E-state index contributed by atoms with van der Waals surface area (Å²) in [5, 5.41) is 4.87. The molecule has 0 spiro atoms. The molecule has 8 heteroatoms. The number of hydrogen-bond donors (Lipinski definition) is 1. The molecule has 26 heavy (non-hydrogen) atoms. The Balaban J connectivity index is 1.44. The SMILES string of the molecule is CCOCCCNC(=O)C1CCN(Cc2cc(=O)n3ccsc3n2)CC1. The van der Waals surface area contributed by atoms with E-state index in [2.05, 4.69) is 15.2 Å². The summed E-state index contributed by atoms with van der Waals surface area (Å²) in [6.45, 7) is 6.41. The molecule has 1 saturated heterocycles. The second-order valence-corrected chi connectivity index (χ2v) is 7.41. The first-order valence-corrected chi connectivity index (χ1v) is 10.1. The van der Waals surface area contributed by atoms with Crippen LogP contribution < -0.4 is 10.9 Å². The predicted octanol–water partition coefficient (Wildman–Crippen LogP) is 1.51. The summed E-state index contributed by atoms with van der Waals surface area (Å²) in [6, 6.07) is 1.61. The number of nitrogens with one attached hydrogen (secondary N) is 1. The number of nitrogens with zero attached hydrogens (tertiary/aromatic N) is 3. The Bertz CT molecular complexity index is 780. The van der Waals surface area contributed by atoms with Gasteiger partial charge in [0.2, 0.25) is 5.91 Å². The normalized spacial score (nSPS) is 16.2. The van der Waals surface area contributed by atoms with Gasteiger partial charge in [-0.3, -0.25) is 18.9 Å². The van der Waals surface area contributed by atoms with Crippen LogP contribution >= 0.6 is 11.3 Å². The summed E-state index contributed by atoms with van der Waals surface area (Å²) in [6.07, 6.45) is 4.29. The first kappa shape index (κ1) is 19.0. The van der Waals surface area contributed by atoms with E-state index in [1.54, 1.807) is 16.7 Å². The van der Waals surface area contributed by atoms with Crippen molar-refractivity contribution in [2.45, 2.75) is 32.7 Å². The van der Waals surface area contributed by atoms with Crippen molar-refractivity contribution in [3.05, 3.63) is 33.7 Å². The van der Waals surface area contributed by atoms with Crippen LogP contribution in [0.1, 0.15) is 31.9 Å². The van der Waals surface area contributed by atoms with Crippen molar-refractivity contribution in [1.29, 1.82) is 0 Å². The Morgan fingerprint density at radius 3 is 3.00 bits per heavy atom. The molecule has 0 saturated carbocycles. The van der Waals surface area contributed by atoms with Crippen molar-refractivity contribution >= 4 is 22.2 Å². The van der Waals surface area contributed by atoms with E-state index < -0.39 is 0 Å². The zero-order valence-corrected chi connectivity index (χ0v) is 16.0. The molecule has 0 radical (unpaired) electrons. The number of aromatic nitrogens is 2. The molecule has 7 nitrogen and oxygen atoms in total. The maximum atomic E-state index is 12.2. The van der Waals surface area contributed by atoms with Gasteiger partial charge in [-0.05, 0) is 39.3 Å². The Morgan fingerprint density at radius 1 is 1.42 bits per heavy atom. The fraction of sp³-hybridized carbons (Fsp3) is 0.611. The molecular formula is C18H26N4O3S. The number of ether oxygens (including phenoxy) is 1. The molecule has 142 valence electrons. The van der Waals surface area contributed by atoms with Gasteiger partial charge in [-0.25, -0.2) is 4.98 Å². The molecule has 3 heterocycles. The lowest BCUT2D eigenvalue weighted by Gasteiger charge is -2.30. The Morgan fingerprint density at radius 2 is 2.23 bits per heavy atom. The average molecular weight is 378 g/mol. The molecule has 1 amide bonds. The van der Waals surface area contributed by atoms with Crippen LogP contribution in [0.25, 0.3) is 4.96 Å². The highest BCUT2D eigenvalue weighted by atomic mass is 32.1. The van der Waals surface area contributed by atoms with E-state index in [1.165, 1.54) is 11.3 Å². The van der Waals surface area contributed by atoms with Gasteiger partial charge in [-0.2, -0.15) is 0 Å². The summed E-state index contributed by atoms with van der Waals surface area (Å²) in [5.74, 6) is 0.231. The number of piperidine rings is 1. The first-order valence-electron chi connectivity index (χ1n) is 9.21. The van der Waals surface area contributed by atoms with E-state index in [0.29, 0.717) is 26.3 Å². The van der Waals surface area contributed by atoms with E-state index in [-0.39, 0.29) is 17.4 Å². The fourth-order valence-electron chi connectivity index (χ4n) is 3.23. The summed E-state index contributed by atoms with van der Waals surface area (Å²) < 4.78 is 6.84. The van der Waals surface area contributed by atoms with Gasteiger partial charge in [0.05, 0.1) is 5.69 Å². The molecule has 0 atom stereocenters. The Kier molecular flexibility index (Phi) is 6.76. The van der Waals surface area contributed by atoms with Gasteiger partial charge in [0.1, 0.15) is 0 Å². The molecule has 0 unspecified atom stereocenters. The quantitative estimate of drug-likeness (QED) is 0.705. The molecule has 1 fully saturated rings. The second kappa shape index (κ2) is 9.25. The van der Waals surface area contributed by atoms with E-state index >= 15 is 0 Å². The maximum Gasteiger partial charge on any atom is 0.258 e. The number of likely N-dealkylation sites (tertiary alicyclic amines) is 1. The third-order valence-electron chi connectivity index (χ3n) is 4.67. The zero-order chi connectivity index (χ0) is 18.4. The lowest BCUT2D eigenvalue weighted by atomic mass is 9.96. The third-order valence-corrected chi connectivity index (χ3v) is 5.43. The van der Waals surface area contributed by atoms with E-state index in [1.807, 2.05) is 12.3 Å². The number of fused-ring (bicyclic) bond motifs is 1. The molecule has 0 aromatic carbocycles. The monoisotopic (exact) mass is 378 g/mol. The highest BCUT2D eigenvalue weighted by Gasteiger charge is 2.25. The Hall–Kier alpha value is -1.77. The second-order valence-electron chi connectivity index (χ2n) is 6.53. The van der Waals surface area contributed by atoms with Crippen molar-refractivity contribution < 1.29 is 9.53 Å². The Labute approximate surface area is 157 Å². The van der Waals surface area contributed by atoms with Gasteiger partial charge in [-0.15, -0.1) is 11.3 Å². The number of carbonyl (C=O) groups excluding carboxylic acids is 1. The molecule has 2 aromatic heterocycles. The van der Waals surface area contributed by atoms with E-state index in [9.17, 15) is 9.59 Å². The van der Waals surface area contributed by atoms with E-state index in [4.69, 9.17) is 4.74 Å². The lowest BCUT2D eigenvalue weighted by molar-refractivity contribution is -0.126. The minimum atomic E-state index is -0.0347. The van der Waals surface area contributed by atoms with Gasteiger partial charge in [0, 0.05) is 49.9 Å². The fourth-order valence-corrected chi connectivity index (χ4v) is 3.96. The highest BCUT2D eigenvalue weighted by Crippen LogP contribution is 2.19. The van der Waals surface area contributed by atoms with Crippen molar-refractivity contribution in [3.63, 3.8) is 0 Å². The van der Waals surface area contributed by atoms with Crippen LogP contribution in [0.2, 0.25) is 0 Å². The first-order chi connectivity index (χ1) is 12.7. The van der Waals surface area contributed by atoms with Gasteiger partial charge < -0.3 is 10.1 Å². The molecular weight excluding hydrogens is 352 g/mol. The highest BCUT2D eigenvalue weighted by molar-refractivity contribution is 7.15. The maximum absolute atomic E-state index is 12.2. The molecule has 3 rings (SSSR count). The molecule has 1 aliphatic heterocycles. The molecule has 0 bridgehead atoms.